The second-order valence-corrected chi connectivity index (χ2v) is 16.2. The zero-order chi connectivity index (χ0) is 38.0. The quantitative estimate of drug-likeness (QED) is 0.149. The Kier molecular flexibility index (Phi) is 9.97. The molecule has 9 nitrogen and oxygen atoms in total. The fraction of sp³-hybridized carbons (Fsp3) is 0.524. The van der Waals surface area contributed by atoms with Gasteiger partial charge in [-0.05, 0) is 91.2 Å². The lowest BCUT2D eigenvalue weighted by Gasteiger charge is -2.59. The van der Waals surface area contributed by atoms with Gasteiger partial charge < -0.3 is 25.2 Å². The standard InChI is InChI=1S/C42H52O9/c1-10-25-13-11-24(12-14-26(17-21(2)3)39(49)51-9)18-28(25)27-15-16-30(44)32-29(27)19-40(7)20-41(8)33(22(4)5)35(45)31(23(6)43)37(47)42(41,50)38(48)34(40)36(32)46/h11,13,15-16,18,21-22,26,33,44,46-47,50H,10,12,14,17,19-20H2,1-9H3/t26?,33?,40-,41-,42+/m1/s1. The van der Waals surface area contributed by atoms with Gasteiger partial charge in [0, 0.05) is 22.3 Å². The molecule has 0 amide bonds. The van der Waals surface area contributed by atoms with E-state index in [0.717, 1.165) is 29.2 Å². The van der Waals surface area contributed by atoms with Crippen molar-refractivity contribution in [2.75, 3.05) is 7.11 Å². The Hall–Kier alpha value is -4.24. The van der Waals surface area contributed by atoms with Gasteiger partial charge in [-0.25, -0.2) is 0 Å². The van der Waals surface area contributed by atoms with Crippen LogP contribution in [-0.4, -0.2) is 56.5 Å². The van der Waals surface area contributed by atoms with E-state index in [9.17, 15) is 39.6 Å². The van der Waals surface area contributed by atoms with E-state index in [0.29, 0.717) is 37.2 Å². The number of benzene rings is 2. The summed E-state index contributed by atoms with van der Waals surface area (Å²) < 4.78 is 5.09. The summed E-state index contributed by atoms with van der Waals surface area (Å²) in [6, 6.07) is 9.47. The number of carbonyl (C=O) groups is 4. The smallest absolute Gasteiger partial charge is 0.308 e. The van der Waals surface area contributed by atoms with Gasteiger partial charge in [0.2, 0.25) is 5.78 Å². The molecule has 0 aliphatic heterocycles. The third kappa shape index (κ3) is 5.81. The van der Waals surface area contributed by atoms with Crippen LogP contribution in [0, 0.1) is 34.5 Å². The lowest BCUT2D eigenvalue weighted by molar-refractivity contribution is -0.178. The van der Waals surface area contributed by atoms with Gasteiger partial charge in [-0.15, -0.1) is 0 Å². The molecule has 0 radical (unpaired) electrons. The average Bonchev–Trinajstić information content (AvgIpc) is 3.03. The Morgan fingerprint density at radius 3 is 2.24 bits per heavy atom. The first kappa shape index (κ1) is 38.0. The molecule has 3 aliphatic carbocycles. The third-order valence-electron chi connectivity index (χ3n) is 11.8. The van der Waals surface area contributed by atoms with Gasteiger partial charge in [0.1, 0.15) is 22.8 Å². The Labute approximate surface area is 300 Å². The number of aryl methyl sites for hydroxylation is 2. The fourth-order valence-electron chi connectivity index (χ4n) is 9.72. The van der Waals surface area contributed by atoms with E-state index in [1.807, 2.05) is 13.0 Å². The molecule has 51 heavy (non-hydrogen) atoms. The summed E-state index contributed by atoms with van der Waals surface area (Å²) in [5, 5.41) is 47.0. The van der Waals surface area contributed by atoms with Crippen LogP contribution in [0.4, 0.5) is 0 Å². The molecule has 5 atom stereocenters. The topological polar surface area (TPSA) is 158 Å². The van der Waals surface area contributed by atoms with Crippen molar-refractivity contribution in [3.05, 3.63) is 69.5 Å². The number of allylic oxidation sites excluding steroid dienone is 1. The minimum absolute atomic E-state index is 0.0193. The molecule has 3 aliphatic rings. The van der Waals surface area contributed by atoms with Gasteiger partial charge in [0.05, 0.1) is 18.6 Å². The van der Waals surface area contributed by atoms with Crippen LogP contribution >= 0.6 is 0 Å². The van der Waals surface area contributed by atoms with E-state index >= 15 is 0 Å². The molecule has 0 heterocycles. The molecule has 274 valence electrons. The number of hydrogen-bond acceptors (Lipinski definition) is 9. The molecular formula is C42H52O9. The lowest BCUT2D eigenvalue weighted by Crippen LogP contribution is -2.69. The van der Waals surface area contributed by atoms with Crippen LogP contribution in [0.15, 0.2) is 47.2 Å². The van der Waals surface area contributed by atoms with Crippen LogP contribution in [0.3, 0.4) is 0 Å². The summed E-state index contributed by atoms with van der Waals surface area (Å²) in [4.78, 5) is 53.8. The zero-order valence-corrected chi connectivity index (χ0v) is 31.3. The number of aliphatic hydroxyl groups is 3. The highest BCUT2D eigenvalue weighted by molar-refractivity contribution is 6.24. The number of aliphatic hydroxyl groups excluding tert-OH is 2. The van der Waals surface area contributed by atoms with E-state index in [1.165, 1.54) is 13.2 Å². The van der Waals surface area contributed by atoms with Crippen molar-refractivity contribution in [2.24, 2.45) is 34.5 Å². The SMILES string of the molecule is CCc1ccc(CCC(CC(C)C)C(=O)OC)cc1-c1ccc(O)c2c1C[C@]1(C)C[C@]3(C)C(C(C)C)C(=O)C(C(C)=O)=C(O)[C@]3(O)C(=O)C1=C2O. The van der Waals surface area contributed by atoms with E-state index in [1.54, 1.807) is 27.7 Å². The van der Waals surface area contributed by atoms with Crippen molar-refractivity contribution in [2.45, 2.75) is 99.5 Å². The average molecular weight is 701 g/mol. The number of Topliss-reactive ketones (excluding diaryl/α,β-unsaturated/α-hetero) is 3. The number of ketones is 3. The van der Waals surface area contributed by atoms with Crippen LogP contribution < -0.4 is 0 Å². The lowest BCUT2D eigenvalue weighted by atomic mass is 9.43. The van der Waals surface area contributed by atoms with Crippen molar-refractivity contribution in [3.8, 4) is 16.9 Å². The first-order chi connectivity index (χ1) is 23.8. The van der Waals surface area contributed by atoms with Crippen LogP contribution in [0.1, 0.15) is 96.9 Å². The Morgan fingerprint density at radius 2 is 1.67 bits per heavy atom. The molecule has 0 aromatic heterocycles. The normalized spacial score (nSPS) is 26.6. The minimum Gasteiger partial charge on any atom is -0.508 e. The molecule has 1 fully saturated rings. The summed E-state index contributed by atoms with van der Waals surface area (Å²) in [5.74, 6) is -5.63. The van der Waals surface area contributed by atoms with Gasteiger partial charge in [-0.3, -0.25) is 19.2 Å². The van der Waals surface area contributed by atoms with Gasteiger partial charge >= 0.3 is 5.97 Å². The minimum atomic E-state index is -2.66. The molecule has 0 bridgehead atoms. The van der Waals surface area contributed by atoms with E-state index < -0.39 is 62.7 Å². The molecule has 2 aromatic rings. The van der Waals surface area contributed by atoms with Crippen LogP contribution in [0.2, 0.25) is 0 Å². The number of fused-ring (bicyclic) bond motifs is 3. The van der Waals surface area contributed by atoms with Gasteiger partial charge in [-0.2, -0.15) is 0 Å². The first-order valence-electron chi connectivity index (χ1n) is 18.0. The highest BCUT2D eigenvalue weighted by Gasteiger charge is 2.72. The summed E-state index contributed by atoms with van der Waals surface area (Å²) in [5.41, 5.74) is -1.69. The zero-order valence-electron chi connectivity index (χ0n) is 31.3. The van der Waals surface area contributed by atoms with Crippen LogP contribution in [-0.2, 0) is 43.2 Å². The number of hydrogen-bond donors (Lipinski definition) is 4. The van der Waals surface area contributed by atoms with E-state index in [2.05, 4.69) is 32.0 Å². The second-order valence-electron chi connectivity index (χ2n) is 16.2. The highest BCUT2D eigenvalue weighted by atomic mass is 16.5. The Morgan fingerprint density at radius 1 is 1.00 bits per heavy atom. The molecule has 1 saturated carbocycles. The molecule has 2 aromatic carbocycles. The maximum absolute atomic E-state index is 14.7. The van der Waals surface area contributed by atoms with Crippen molar-refractivity contribution in [1.82, 2.24) is 0 Å². The Bertz CT molecular complexity index is 1880. The van der Waals surface area contributed by atoms with Crippen molar-refractivity contribution < 1.29 is 44.3 Å². The largest absolute Gasteiger partial charge is 0.508 e. The summed E-state index contributed by atoms with van der Waals surface area (Å²) >= 11 is 0. The van der Waals surface area contributed by atoms with E-state index in [4.69, 9.17) is 4.74 Å². The number of aromatic hydroxyl groups is 1. The van der Waals surface area contributed by atoms with Gasteiger partial charge in [0.25, 0.3) is 0 Å². The number of carbonyl (C=O) groups excluding carboxylic acids is 4. The highest BCUT2D eigenvalue weighted by Crippen LogP contribution is 2.65. The molecule has 5 rings (SSSR count). The number of phenolic OH excluding ortho intramolecular Hbond substituents is 1. The first-order valence-corrected chi connectivity index (χ1v) is 18.0. The number of esters is 1. The molecule has 0 spiro atoms. The monoisotopic (exact) mass is 700 g/mol. The predicted octanol–water partition coefficient (Wildman–Crippen LogP) is 7.19. The van der Waals surface area contributed by atoms with Crippen molar-refractivity contribution in [3.63, 3.8) is 0 Å². The fourth-order valence-corrected chi connectivity index (χ4v) is 9.72. The summed E-state index contributed by atoms with van der Waals surface area (Å²) in [7, 11) is 1.41. The Balaban J connectivity index is 1.69. The number of ether oxygens (including phenoxy) is 1. The second kappa shape index (κ2) is 13.4. The number of phenols is 1. The summed E-state index contributed by atoms with van der Waals surface area (Å²) in [6.45, 7) is 14.3. The molecule has 2 unspecified atom stereocenters. The maximum atomic E-state index is 14.7. The third-order valence-corrected chi connectivity index (χ3v) is 11.8. The van der Waals surface area contributed by atoms with Crippen LogP contribution in [0.5, 0.6) is 5.75 Å². The van der Waals surface area contributed by atoms with Gasteiger partial charge in [0.15, 0.2) is 17.2 Å². The molecular weight excluding hydrogens is 648 g/mol. The van der Waals surface area contributed by atoms with Crippen molar-refractivity contribution >= 4 is 29.1 Å². The number of methoxy groups -OCH3 is 1. The van der Waals surface area contributed by atoms with Crippen molar-refractivity contribution in [1.29, 1.82) is 0 Å². The molecule has 9 heteroatoms. The predicted molar refractivity (Wildman–Crippen MR) is 194 cm³/mol. The molecule has 4 N–H and O–H groups in total. The van der Waals surface area contributed by atoms with E-state index in [-0.39, 0.29) is 41.6 Å². The molecule has 0 saturated heterocycles. The maximum Gasteiger partial charge on any atom is 0.308 e. The summed E-state index contributed by atoms with van der Waals surface area (Å²) in [6.07, 6.45) is 2.85. The van der Waals surface area contributed by atoms with Gasteiger partial charge in [-0.1, -0.05) is 72.7 Å². The van der Waals surface area contributed by atoms with Crippen LogP contribution in [0.25, 0.3) is 16.9 Å². The number of rotatable bonds is 10.